The molecule has 200 valence electrons. The molecule has 1 saturated carbocycles. The number of hydrogen-bond donors (Lipinski definition) is 3. The average molecular weight is 517 g/mol. The van der Waals surface area contributed by atoms with Crippen LogP contribution in [0.2, 0.25) is 0 Å². The Labute approximate surface area is 223 Å². The van der Waals surface area contributed by atoms with E-state index >= 15 is 0 Å². The van der Waals surface area contributed by atoms with Gasteiger partial charge >= 0.3 is 6.03 Å². The SMILES string of the molecule is C[C@@H](C1CC1)C(Cc1ccccc1)C(=O)CN1C(=O)NC2(CCc3cc(NC(=O)C(C)(C)N)ccc32)C1=O. The second-order valence-corrected chi connectivity index (χ2v) is 11.7. The first kappa shape index (κ1) is 26.1. The zero-order valence-electron chi connectivity index (χ0n) is 22.3. The number of imide groups is 1. The molecule has 3 atom stereocenters. The van der Waals surface area contributed by atoms with Crippen LogP contribution in [0.25, 0.3) is 0 Å². The number of nitrogens with zero attached hydrogens (tertiary/aromatic N) is 1. The van der Waals surface area contributed by atoms with Crippen LogP contribution in [0.15, 0.2) is 48.5 Å². The molecule has 2 fully saturated rings. The number of amides is 4. The highest BCUT2D eigenvalue weighted by molar-refractivity contribution is 6.10. The maximum atomic E-state index is 13.7. The van der Waals surface area contributed by atoms with E-state index in [0.717, 1.165) is 28.9 Å². The number of carbonyl (C=O) groups is 4. The molecular formula is C30H36N4O4. The minimum atomic E-state index is -1.18. The Balaban J connectivity index is 1.34. The number of rotatable bonds is 9. The molecule has 2 unspecified atom stereocenters. The van der Waals surface area contributed by atoms with Crippen LogP contribution in [0.1, 0.15) is 56.7 Å². The third kappa shape index (κ3) is 4.85. The fourth-order valence-corrected chi connectivity index (χ4v) is 5.85. The second-order valence-electron chi connectivity index (χ2n) is 11.7. The van der Waals surface area contributed by atoms with Crippen LogP contribution in [0.5, 0.6) is 0 Å². The largest absolute Gasteiger partial charge is 0.325 e. The van der Waals surface area contributed by atoms with Gasteiger partial charge in [-0.1, -0.05) is 43.3 Å². The van der Waals surface area contributed by atoms with Crippen molar-refractivity contribution in [1.82, 2.24) is 10.2 Å². The predicted molar refractivity (Wildman–Crippen MR) is 144 cm³/mol. The summed E-state index contributed by atoms with van der Waals surface area (Å²) >= 11 is 0. The van der Waals surface area contributed by atoms with Gasteiger partial charge in [-0.3, -0.25) is 19.3 Å². The van der Waals surface area contributed by atoms with E-state index in [9.17, 15) is 19.2 Å². The molecule has 1 aliphatic heterocycles. The van der Waals surface area contributed by atoms with Crippen LogP contribution < -0.4 is 16.4 Å². The number of aryl methyl sites for hydroxylation is 1. The lowest BCUT2D eigenvalue weighted by Crippen LogP contribution is -2.45. The van der Waals surface area contributed by atoms with Gasteiger partial charge in [0.05, 0.1) is 12.1 Å². The lowest BCUT2D eigenvalue weighted by Gasteiger charge is -2.26. The van der Waals surface area contributed by atoms with Crippen molar-refractivity contribution in [3.05, 3.63) is 65.2 Å². The van der Waals surface area contributed by atoms with Gasteiger partial charge in [-0.05, 0) is 86.6 Å². The highest BCUT2D eigenvalue weighted by Gasteiger charge is 2.56. The molecular weight excluding hydrogens is 480 g/mol. The first-order chi connectivity index (χ1) is 18.0. The predicted octanol–water partition coefficient (Wildman–Crippen LogP) is 3.53. The van der Waals surface area contributed by atoms with Gasteiger partial charge < -0.3 is 16.4 Å². The van der Waals surface area contributed by atoms with Crippen molar-refractivity contribution < 1.29 is 19.2 Å². The van der Waals surface area contributed by atoms with Crippen LogP contribution in [0, 0.1) is 17.8 Å². The molecule has 1 heterocycles. The Morgan fingerprint density at radius 1 is 1.16 bits per heavy atom. The van der Waals surface area contributed by atoms with Crippen molar-refractivity contribution in [2.24, 2.45) is 23.5 Å². The standard InChI is InChI=1S/C30H36N4O4/c1-18(20-9-10-20)23(15-19-7-5-4-6-8-19)25(35)17-34-27(37)30(33-28(34)38)14-13-21-16-22(11-12-24(21)30)32-26(36)29(2,3)31/h4-8,11-12,16,18,20,23H,9-10,13-15,17,31H2,1-3H3,(H,32,36)(H,33,38)/t18-,23?,30?/m0/s1. The van der Waals surface area contributed by atoms with E-state index in [0.29, 0.717) is 36.4 Å². The molecule has 38 heavy (non-hydrogen) atoms. The number of urea groups is 1. The molecule has 4 N–H and O–H groups in total. The Morgan fingerprint density at radius 3 is 2.53 bits per heavy atom. The first-order valence-corrected chi connectivity index (χ1v) is 13.4. The minimum Gasteiger partial charge on any atom is -0.325 e. The fourth-order valence-electron chi connectivity index (χ4n) is 5.85. The Hall–Kier alpha value is -3.52. The van der Waals surface area contributed by atoms with Crippen molar-refractivity contribution in [3.8, 4) is 0 Å². The minimum absolute atomic E-state index is 0.0746. The average Bonchev–Trinajstić information content (AvgIpc) is 3.63. The Morgan fingerprint density at radius 2 is 1.87 bits per heavy atom. The van der Waals surface area contributed by atoms with Crippen LogP contribution >= 0.6 is 0 Å². The lowest BCUT2D eigenvalue weighted by molar-refractivity contribution is -0.136. The summed E-state index contributed by atoms with van der Waals surface area (Å²) in [5.41, 5.74) is 6.94. The molecule has 2 aromatic carbocycles. The first-order valence-electron chi connectivity index (χ1n) is 13.4. The highest BCUT2D eigenvalue weighted by atomic mass is 16.2. The lowest BCUT2D eigenvalue weighted by atomic mass is 9.81. The van der Waals surface area contributed by atoms with Gasteiger partial charge in [-0.15, -0.1) is 0 Å². The van der Waals surface area contributed by atoms with E-state index in [1.54, 1.807) is 26.0 Å². The number of hydrogen-bond acceptors (Lipinski definition) is 5. The number of anilines is 1. The zero-order valence-corrected chi connectivity index (χ0v) is 22.3. The van der Waals surface area contributed by atoms with Crippen molar-refractivity contribution in [3.63, 3.8) is 0 Å². The zero-order chi connectivity index (χ0) is 27.2. The quantitative estimate of drug-likeness (QED) is 0.440. The summed E-state index contributed by atoms with van der Waals surface area (Å²) < 4.78 is 0. The maximum absolute atomic E-state index is 13.7. The smallest absolute Gasteiger partial charge is 0.325 e. The Bertz CT molecular complexity index is 1280. The molecule has 5 rings (SSSR count). The monoisotopic (exact) mass is 516 g/mol. The molecule has 0 aromatic heterocycles. The van der Waals surface area contributed by atoms with E-state index < -0.39 is 17.1 Å². The molecule has 0 radical (unpaired) electrons. The van der Waals surface area contributed by atoms with E-state index in [1.807, 2.05) is 36.4 Å². The van der Waals surface area contributed by atoms with E-state index in [1.165, 1.54) is 0 Å². The number of benzene rings is 2. The van der Waals surface area contributed by atoms with Crippen LogP contribution in [-0.2, 0) is 32.8 Å². The van der Waals surface area contributed by atoms with Gasteiger partial charge in [-0.25, -0.2) is 4.79 Å². The number of Topliss-reactive ketones (excluding diaryl/α,β-unsaturated/α-hetero) is 1. The second kappa shape index (κ2) is 9.66. The van der Waals surface area contributed by atoms with Crippen molar-refractivity contribution in [2.45, 2.75) is 64.0 Å². The third-order valence-electron chi connectivity index (χ3n) is 8.38. The molecule has 1 spiro atoms. The summed E-state index contributed by atoms with van der Waals surface area (Å²) in [4.78, 5) is 53.8. The third-order valence-corrected chi connectivity index (χ3v) is 8.38. The summed E-state index contributed by atoms with van der Waals surface area (Å²) in [6.45, 7) is 5.15. The molecule has 0 bridgehead atoms. The van der Waals surface area contributed by atoms with Crippen LogP contribution in [0.3, 0.4) is 0 Å². The highest BCUT2D eigenvalue weighted by Crippen LogP contribution is 2.44. The van der Waals surface area contributed by atoms with Crippen molar-refractivity contribution in [1.29, 1.82) is 0 Å². The topological polar surface area (TPSA) is 122 Å². The van der Waals surface area contributed by atoms with Crippen LogP contribution in [0.4, 0.5) is 10.5 Å². The van der Waals surface area contributed by atoms with Gasteiger partial charge in [0, 0.05) is 11.6 Å². The van der Waals surface area contributed by atoms with Gasteiger partial charge in [0.2, 0.25) is 5.91 Å². The van der Waals surface area contributed by atoms with Gasteiger partial charge in [0.15, 0.2) is 5.78 Å². The summed E-state index contributed by atoms with van der Waals surface area (Å²) in [6, 6.07) is 14.7. The van der Waals surface area contributed by atoms with Gasteiger partial charge in [0.25, 0.3) is 5.91 Å². The fraction of sp³-hybridized carbons (Fsp3) is 0.467. The summed E-state index contributed by atoms with van der Waals surface area (Å²) in [7, 11) is 0. The molecule has 1 saturated heterocycles. The molecule has 8 nitrogen and oxygen atoms in total. The summed E-state index contributed by atoms with van der Waals surface area (Å²) in [5, 5.41) is 5.72. The number of fused-ring (bicyclic) bond motifs is 2. The van der Waals surface area contributed by atoms with E-state index in [4.69, 9.17) is 5.73 Å². The summed E-state index contributed by atoms with van der Waals surface area (Å²) in [6.07, 6.45) is 3.81. The van der Waals surface area contributed by atoms with Crippen LogP contribution in [-0.4, -0.2) is 40.6 Å². The summed E-state index contributed by atoms with van der Waals surface area (Å²) in [5.74, 6) is -0.317. The van der Waals surface area contributed by atoms with E-state index in [2.05, 4.69) is 17.6 Å². The number of ketones is 1. The number of carbonyl (C=O) groups excluding carboxylic acids is 4. The molecule has 4 amide bonds. The van der Waals surface area contributed by atoms with E-state index in [-0.39, 0.29) is 36.0 Å². The van der Waals surface area contributed by atoms with Crippen molar-refractivity contribution in [2.75, 3.05) is 11.9 Å². The molecule has 2 aliphatic carbocycles. The molecule has 8 heteroatoms. The Kier molecular flexibility index (Phi) is 6.63. The molecule has 2 aromatic rings. The number of nitrogens with two attached hydrogens (primary N) is 1. The number of nitrogens with one attached hydrogen (secondary N) is 2. The van der Waals surface area contributed by atoms with Gasteiger partial charge in [-0.2, -0.15) is 0 Å². The van der Waals surface area contributed by atoms with Gasteiger partial charge in [0.1, 0.15) is 5.54 Å². The normalized spacial score (nSPS) is 22.3. The van der Waals surface area contributed by atoms with Crippen molar-refractivity contribution >= 4 is 29.3 Å². The maximum Gasteiger partial charge on any atom is 0.325 e. The molecule has 3 aliphatic rings.